The summed E-state index contributed by atoms with van der Waals surface area (Å²) < 4.78 is 51.4. The number of nitrogens with one attached hydrogen (secondary N) is 3. The van der Waals surface area contributed by atoms with E-state index < -0.39 is 35.0 Å². The quantitative estimate of drug-likeness (QED) is 0.361. The summed E-state index contributed by atoms with van der Waals surface area (Å²) in [6.07, 6.45) is 0. The molecule has 1 unspecified atom stereocenters. The van der Waals surface area contributed by atoms with E-state index in [2.05, 4.69) is 10.6 Å². The lowest BCUT2D eigenvalue weighted by Crippen LogP contribution is -3.11. The van der Waals surface area contributed by atoms with Crippen molar-refractivity contribution in [3.63, 3.8) is 0 Å². The number of rotatable bonds is 7. The second-order valence-corrected chi connectivity index (χ2v) is 7.78. The summed E-state index contributed by atoms with van der Waals surface area (Å²) in [6.45, 7) is -0.319. The van der Waals surface area contributed by atoms with Crippen molar-refractivity contribution < 1.29 is 36.8 Å². The second-order valence-electron chi connectivity index (χ2n) is 7.78. The van der Waals surface area contributed by atoms with Crippen LogP contribution in [0.2, 0.25) is 0 Å². The topological polar surface area (TPSA) is 85.0 Å². The number of amides is 2. The molecule has 0 aliphatic heterocycles. The van der Waals surface area contributed by atoms with Crippen LogP contribution in [0.25, 0.3) is 21.9 Å². The van der Waals surface area contributed by atoms with Crippen molar-refractivity contribution >= 4 is 45.1 Å². The van der Waals surface area contributed by atoms with Crippen LogP contribution in [0, 0.1) is 17.5 Å². The van der Waals surface area contributed by atoms with Crippen molar-refractivity contribution in [2.24, 2.45) is 0 Å². The van der Waals surface area contributed by atoms with Crippen molar-refractivity contribution in [3.8, 4) is 5.75 Å². The normalized spacial score (nSPS) is 12.0. The third-order valence-electron chi connectivity index (χ3n) is 5.21. The van der Waals surface area contributed by atoms with E-state index in [1.807, 2.05) is 24.3 Å². The molecule has 2 amide bonds. The van der Waals surface area contributed by atoms with Gasteiger partial charge in [-0.25, -0.2) is 13.2 Å². The first-order valence-electron chi connectivity index (χ1n) is 10.3. The highest BCUT2D eigenvalue weighted by Gasteiger charge is 2.20. The Labute approximate surface area is 192 Å². The number of hydrogen-bond donors (Lipinski definition) is 3. The number of hydrogen-bond acceptors (Lipinski definition) is 4. The zero-order valence-corrected chi connectivity index (χ0v) is 18.3. The second kappa shape index (κ2) is 9.44. The lowest BCUT2D eigenvalue weighted by Gasteiger charge is -2.15. The molecule has 0 aliphatic rings. The van der Waals surface area contributed by atoms with E-state index in [9.17, 15) is 22.8 Å². The van der Waals surface area contributed by atoms with Gasteiger partial charge in [0.05, 0.1) is 25.5 Å². The Kier molecular flexibility index (Phi) is 6.42. The van der Waals surface area contributed by atoms with E-state index >= 15 is 0 Å². The average Bonchev–Trinajstić information content (AvgIpc) is 3.16. The zero-order valence-electron chi connectivity index (χ0n) is 18.3. The molecule has 176 valence electrons. The number of methoxy groups -OCH3 is 1. The van der Waals surface area contributed by atoms with Gasteiger partial charge in [-0.1, -0.05) is 18.2 Å². The Balaban J connectivity index is 1.41. The third kappa shape index (κ3) is 4.67. The number of quaternary nitrogens is 1. The SMILES string of the molecule is COc1cc2c(cc1NC(=O)C[NH+](C)CC(=O)Nc1ccc(F)c(F)c1F)oc1ccccc12. The summed E-state index contributed by atoms with van der Waals surface area (Å²) in [6, 6.07) is 12.6. The van der Waals surface area contributed by atoms with Gasteiger partial charge in [0.1, 0.15) is 16.9 Å². The van der Waals surface area contributed by atoms with Crippen molar-refractivity contribution in [2.45, 2.75) is 0 Å². The van der Waals surface area contributed by atoms with Crippen LogP contribution >= 0.6 is 0 Å². The fourth-order valence-electron chi connectivity index (χ4n) is 3.64. The van der Waals surface area contributed by atoms with Crippen molar-refractivity contribution in [1.29, 1.82) is 0 Å². The first-order valence-corrected chi connectivity index (χ1v) is 10.3. The van der Waals surface area contributed by atoms with Crippen LogP contribution < -0.4 is 20.3 Å². The molecule has 3 N–H and O–H groups in total. The minimum atomic E-state index is -1.67. The maximum absolute atomic E-state index is 13.7. The molecule has 4 rings (SSSR count). The molecule has 1 heterocycles. The summed E-state index contributed by atoms with van der Waals surface area (Å²) in [7, 11) is 3.07. The molecule has 0 bridgehead atoms. The van der Waals surface area contributed by atoms with Gasteiger partial charge in [-0.15, -0.1) is 0 Å². The number of halogens is 3. The van der Waals surface area contributed by atoms with Crippen molar-refractivity contribution in [1.82, 2.24) is 0 Å². The summed E-state index contributed by atoms with van der Waals surface area (Å²) in [5, 5.41) is 6.68. The maximum atomic E-state index is 13.7. The highest BCUT2D eigenvalue weighted by Crippen LogP contribution is 2.36. The standard InChI is InChI=1S/C24H20F3N3O4/c1-30(11-21(31)28-16-8-7-15(25)23(26)24(16)27)12-22(32)29-17-10-19-14(9-20(17)33-2)13-5-3-4-6-18(13)34-19/h3-10H,11-12H2,1-2H3,(H,28,31)(H,29,32)/p+1. The predicted octanol–water partition coefficient (Wildman–Crippen LogP) is 3.10. The number of carbonyl (C=O) groups excluding carboxylic acids is 2. The van der Waals surface area contributed by atoms with Crippen LogP contribution in [-0.4, -0.2) is 39.1 Å². The molecule has 0 saturated carbocycles. The lowest BCUT2D eigenvalue weighted by molar-refractivity contribution is -0.862. The zero-order chi connectivity index (χ0) is 24.4. The summed E-state index contributed by atoms with van der Waals surface area (Å²) in [4.78, 5) is 25.2. The van der Waals surface area contributed by atoms with Gasteiger partial charge in [-0.2, -0.15) is 0 Å². The van der Waals surface area contributed by atoms with E-state index in [4.69, 9.17) is 9.15 Å². The molecular formula is C24H21F3N3O4+. The molecule has 0 saturated heterocycles. The number of furan rings is 1. The van der Waals surface area contributed by atoms with Gasteiger partial charge in [0.25, 0.3) is 11.8 Å². The minimum absolute atomic E-state index is 0.102. The third-order valence-corrected chi connectivity index (χ3v) is 5.21. The number of anilines is 2. The van der Waals surface area contributed by atoms with Gasteiger partial charge in [-0.3, -0.25) is 9.59 Å². The fourth-order valence-corrected chi connectivity index (χ4v) is 3.64. The van der Waals surface area contributed by atoms with Gasteiger partial charge in [0.2, 0.25) is 0 Å². The van der Waals surface area contributed by atoms with Crippen molar-refractivity contribution in [3.05, 3.63) is 66.0 Å². The number of para-hydroxylation sites is 1. The molecule has 34 heavy (non-hydrogen) atoms. The molecule has 0 aliphatic carbocycles. The predicted molar refractivity (Wildman–Crippen MR) is 120 cm³/mol. The summed E-state index contributed by atoms with van der Waals surface area (Å²) in [5.74, 6) is -5.15. The molecule has 3 aromatic carbocycles. The van der Waals surface area contributed by atoms with E-state index in [-0.39, 0.29) is 13.1 Å². The van der Waals surface area contributed by atoms with Gasteiger partial charge in [0, 0.05) is 16.8 Å². The number of likely N-dealkylation sites (N-methyl/N-ethyl adjacent to an activating group) is 1. The number of carbonyl (C=O) groups is 2. The van der Waals surface area contributed by atoms with Gasteiger partial charge >= 0.3 is 0 Å². The molecular weight excluding hydrogens is 451 g/mol. The van der Waals surface area contributed by atoms with E-state index in [0.29, 0.717) is 33.6 Å². The molecule has 1 aromatic heterocycles. The summed E-state index contributed by atoms with van der Waals surface area (Å²) >= 11 is 0. The van der Waals surface area contributed by atoms with Crippen LogP contribution in [0.15, 0.2) is 52.9 Å². The Bertz CT molecular complexity index is 1400. The molecule has 0 spiro atoms. The van der Waals surface area contributed by atoms with Gasteiger partial charge in [-0.05, 0) is 24.3 Å². The molecule has 10 heteroatoms. The summed E-state index contributed by atoms with van der Waals surface area (Å²) in [5.41, 5.74) is 1.20. The lowest BCUT2D eigenvalue weighted by atomic mass is 10.1. The molecule has 4 aromatic rings. The Morgan fingerprint density at radius 1 is 0.882 bits per heavy atom. The monoisotopic (exact) mass is 472 g/mol. The average molecular weight is 472 g/mol. The van der Waals surface area contributed by atoms with E-state index in [1.54, 1.807) is 19.2 Å². The number of benzene rings is 3. The Morgan fingerprint density at radius 3 is 2.26 bits per heavy atom. The van der Waals surface area contributed by atoms with Gasteiger partial charge in [0.15, 0.2) is 30.5 Å². The van der Waals surface area contributed by atoms with Crippen LogP contribution in [0.5, 0.6) is 5.75 Å². The van der Waals surface area contributed by atoms with Crippen LogP contribution in [-0.2, 0) is 9.59 Å². The molecule has 0 radical (unpaired) electrons. The van der Waals surface area contributed by atoms with E-state index in [0.717, 1.165) is 16.8 Å². The molecule has 1 atom stereocenters. The fraction of sp³-hybridized carbons (Fsp3) is 0.167. The Hall–Kier alpha value is -4.05. The largest absolute Gasteiger partial charge is 0.495 e. The van der Waals surface area contributed by atoms with Crippen molar-refractivity contribution in [2.75, 3.05) is 37.9 Å². The van der Waals surface area contributed by atoms with E-state index in [1.165, 1.54) is 7.11 Å². The van der Waals surface area contributed by atoms with Crippen LogP contribution in [0.4, 0.5) is 24.5 Å². The smallest absolute Gasteiger partial charge is 0.279 e. The maximum Gasteiger partial charge on any atom is 0.279 e. The highest BCUT2D eigenvalue weighted by molar-refractivity contribution is 6.07. The first-order chi connectivity index (χ1) is 16.3. The van der Waals surface area contributed by atoms with Crippen LogP contribution in [0.1, 0.15) is 0 Å². The molecule has 0 fully saturated rings. The number of fused-ring (bicyclic) bond motifs is 3. The first kappa shape index (κ1) is 23.1. The van der Waals surface area contributed by atoms with Gasteiger partial charge < -0.3 is 24.7 Å². The van der Waals surface area contributed by atoms with Crippen LogP contribution in [0.3, 0.4) is 0 Å². The number of ether oxygens (including phenoxy) is 1. The minimum Gasteiger partial charge on any atom is -0.495 e. The Morgan fingerprint density at radius 2 is 1.56 bits per heavy atom. The molecule has 7 nitrogen and oxygen atoms in total. The highest BCUT2D eigenvalue weighted by atomic mass is 19.2.